The van der Waals surface area contributed by atoms with Gasteiger partial charge in [-0.05, 0) is 32.3 Å². The number of hydrogen-bond acceptors (Lipinski definition) is 6. The van der Waals surface area contributed by atoms with Crippen LogP contribution in [0.4, 0.5) is 5.69 Å². The van der Waals surface area contributed by atoms with Crippen LogP contribution in [-0.2, 0) is 0 Å². The minimum Gasteiger partial charge on any atom is -0.398 e. The van der Waals surface area contributed by atoms with Gasteiger partial charge in [-0.3, -0.25) is 4.90 Å². The summed E-state index contributed by atoms with van der Waals surface area (Å²) in [4.78, 5) is 9.01. The molecule has 1 aromatic heterocycles. The number of piperazine rings is 1. The van der Waals surface area contributed by atoms with Crippen LogP contribution in [0, 0.1) is 0 Å². The molecule has 0 amide bonds. The lowest BCUT2D eigenvalue weighted by molar-refractivity contribution is 0.108. The number of likely N-dealkylation sites (N-methyl/N-ethyl adjacent to an activating group) is 2. The Kier molecular flexibility index (Phi) is 3.84. The molecule has 0 radical (unpaired) electrons. The van der Waals surface area contributed by atoms with Crippen molar-refractivity contribution in [2.24, 2.45) is 0 Å². The molecular weight excluding hydrogens is 290 g/mol. The second kappa shape index (κ2) is 5.63. The predicted molar refractivity (Wildman–Crippen MR) is 82.0 cm³/mol. The smallest absolute Gasteiger partial charge is 0.260 e. The third-order valence-electron chi connectivity index (χ3n) is 3.83. The molecule has 1 saturated heterocycles. The molecule has 1 aliphatic heterocycles. The Labute approximate surface area is 128 Å². The average molecular weight is 308 g/mol. The van der Waals surface area contributed by atoms with Crippen LogP contribution in [0.2, 0.25) is 5.02 Å². The van der Waals surface area contributed by atoms with Crippen LogP contribution in [0.15, 0.2) is 22.7 Å². The second-order valence-electron chi connectivity index (χ2n) is 5.45. The van der Waals surface area contributed by atoms with Crippen molar-refractivity contribution in [3.63, 3.8) is 0 Å². The molecule has 0 saturated carbocycles. The van der Waals surface area contributed by atoms with E-state index in [0.717, 1.165) is 19.6 Å². The fourth-order valence-electron chi connectivity index (χ4n) is 2.50. The highest BCUT2D eigenvalue weighted by Crippen LogP contribution is 2.29. The molecule has 2 heterocycles. The molecule has 2 aromatic rings. The van der Waals surface area contributed by atoms with Gasteiger partial charge in [0.25, 0.3) is 5.89 Å². The zero-order valence-corrected chi connectivity index (χ0v) is 12.8. The van der Waals surface area contributed by atoms with Gasteiger partial charge >= 0.3 is 0 Å². The topological polar surface area (TPSA) is 71.4 Å². The van der Waals surface area contributed by atoms with E-state index in [9.17, 15) is 0 Å². The van der Waals surface area contributed by atoms with E-state index >= 15 is 0 Å². The Hall–Kier alpha value is -1.63. The molecule has 1 atom stereocenters. The quantitative estimate of drug-likeness (QED) is 0.854. The molecule has 7 heteroatoms. The Balaban J connectivity index is 1.89. The molecule has 21 heavy (non-hydrogen) atoms. The average Bonchev–Trinajstić information content (AvgIpc) is 2.91. The first-order chi connectivity index (χ1) is 10.0. The third-order valence-corrected chi connectivity index (χ3v) is 4.07. The van der Waals surface area contributed by atoms with E-state index in [2.05, 4.69) is 34.0 Å². The molecule has 112 valence electrons. The fourth-order valence-corrected chi connectivity index (χ4v) is 2.68. The summed E-state index contributed by atoms with van der Waals surface area (Å²) in [5.74, 6) is 1.12. The van der Waals surface area contributed by atoms with Gasteiger partial charge in [0.05, 0.1) is 11.6 Å². The molecule has 3 rings (SSSR count). The van der Waals surface area contributed by atoms with Crippen molar-refractivity contribution in [2.45, 2.75) is 6.04 Å². The van der Waals surface area contributed by atoms with E-state index < -0.39 is 0 Å². The van der Waals surface area contributed by atoms with Gasteiger partial charge in [-0.1, -0.05) is 16.8 Å². The van der Waals surface area contributed by atoms with Crippen molar-refractivity contribution in [2.75, 3.05) is 39.5 Å². The van der Waals surface area contributed by atoms with Crippen molar-refractivity contribution in [3.05, 3.63) is 29.0 Å². The Morgan fingerprint density at radius 2 is 2.14 bits per heavy atom. The molecule has 1 fully saturated rings. The first-order valence-corrected chi connectivity index (χ1v) is 7.20. The summed E-state index contributed by atoms with van der Waals surface area (Å²) in [5, 5.41) is 4.71. The lowest BCUT2D eigenvalue weighted by Gasteiger charge is -2.35. The summed E-state index contributed by atoms with van der Waals surface area (Å²) < 4.78 is 5.38. The van der Waals surface area contributed by atoms with E-state index in [1.807, 2.05) is 0 Å². The van der Waals surface area contributed by atoms with E-state index in [4.69, 9.17) is 21.9 Å². The van der Waals surface area contributed by atoms with Crippen molar-refractivity contribution in [1.29, 1.82) is 0 Å². The highest BCUT2D eigenvalue weighted by molar-refractivity contribution is 6.31. The number of nitrogens with two attached hydrogens (primary N) is 1. The molecule has 0 aliphatic carbocycles. The highest BCUT2D eigenvalue weighted by atomic mass is 35.5. The fraction of sp³-hybridized carbons (Fsp3) is 0.429. The number of aromatic nitrogens is 2. The van der Waals surface area contributed by atoms with Crippen LogP contribution in [0.25, 0.3) is 11.5 Å². The number of hydrogen-bond donors (Lipinski definition) is 1. The van der Waals surface area contributed by atoms with Crippen LogP contribution in [0.5, 0.6) is 0 Å². The summed E-state index contributed by atoms with van der Waals surface area (Å²) in [7, 11) is 4.17. The Morgan fingerprint density at radius 3 is 2.90 bits per heavy atom. The lowest BCUT2D eigenvalue weighted by Crippen LogP contribution is -2.45. The first-order valence-electron chi connectivity index (χ1n) is 6.82. The number of nitrogens with zero attached hydrogens (tertiary/aromatic N) is 4. The van der Waals surface area contributed by atoms with Gasteiger partial charge in [-0.15, -0.1) is 0 Å². The Morgan fingerprint density at radius 1 is 1.33 bits per heavy atom. The summed E-state index contributed by atoms with van der Waals surface area (Å²) >= 11 is 5.91. The minimum absolute atomic E-state index is 0.134. The van der Waals surface area contributed by atoms with Crippen LogP contribution < -0.4 is 5.73 Å². The minimum atomic E-state index is 0.134. The van der Waals surface area contributed by atoms with Crippen LogP contribution in [0.3, 0.4) is 0 Å². The molecule has 2 N–H and O–H groups in total. The Bertz CT molecular complexity index is 644. The molecule has 6 nitrogen and oxygen atoms in total. The SMILES string of the molecule is CN1CCN(C)C(c2noc(-c3ccc(Cl)cc3N)n2)C1. The number of halogens is 1. The molecule has 1 unspecified atom stereocenters. The van der Waals surface area contributed by atoms with Gasteiger partial charge in [-0.2, -0.15) is 4.98 Å². The maximum Gasteiger partial charge on any atom is 0.260 e. The molecular formula is C14H18ClN5O. The maximum absolute atomic E-state index is 5.96. The van der Waals surface area contributed by atoms with E-state index in [0.29, 0.717) is 28.0 Å². The molecule has 0 spiro atoms. The largest absolute Gasteiger partial charge is 0.398 e. The third kappa shape index (κ3) is 2.88. The first kappa shape index (κ1) is 14.3. The summed E-state index contributed by atoms with van der Waals surface area (Å²) in [6.45, 7) is 2.90. The van der Waals surface area contributed by atoms with Gasteiger partial charge in [0.15, 0.2) is 5.82 Å². The normalized spacial score (nSPS) is 20.8. The highest BCUT2D eigenvalue weighted by Gasteiger charge is 2.28. The van der Waals surface area contributed by atoms with Gasteiger partial charge in [0.1, 0.15) is 0 Å². The summed E-state index contributed by atoms with van der Waals surface area (Å²) in [6.07, 6.45) is 0. The standard InChI is InChI=1S/C14H18ClN5O/c1-19-5-6-20(2)12(8-19)13-17-14(21-18-13)10-4-3-9(15)7-11(10)16/h3-4,7,12H,5-6,8,16H2,1-2H3. The van der Waals surface area contributed by atoms with Crippen molar-refractivity contribution in [3.8, 4) is 11.5 Å². The second-order valence-corrected chi connectivity index (χ2v) is 5.88. The predicted octanol–water partition coefficient (Wildman–Crippen LogP) is 1.89. The number of benzene rings is 1. The van der Waals surface area contributed by atoms with Crippen LogP contribution >= 0.6 is 11.6 Å². The van der Waals surface area contributed by atoms with Gasteiger partial charge in [0, 0.05) is 30.3 Å². The van der Waals surface area contributed by atoms with E-state index in [1.165, 1.54) is 0 Å². The number of nitrogen functional groups attached to an aromatic ring is 1. The zero-order valence-electron chi connectivity index (χ0n) is 12.1. The van der Waals surface area contributed by atoms with E-state index in [-0.39, 0.29) is 6.04 Å². The van der Waals surface area contributed by atoms with Gasteiger partial charge < -0.3 is 15.2 Å². The molecule has 0 bridgehead atoms. The monoisotopic (exact) mass is 307 g/mol. The lowest BCUT2D eigenvalue weighted by atomic mass is 10.1. The van der Waals surface area contributed by atoms with E-state index in [1.54, 1.807) is 18.2 Å². The molecule has 1 aliphatic rings. The van der Waals surface area contributed by atoms with Crippen molar-refractivity contribution >= 4 is 17.3 Å². The summed E-state index contributed by atoms with van der Waals surface area (Å²) in [5.41, 5.74) is 7.21. The van der Waals surface area contributed by atoms with Crippen LogP contribution in [0.1, 0.15) is 11.9 Å². The maximum atomic E-state index is 5.96. The van der Waals surface area contributed by atoms with Crippen molar-refractivity contribution in [1.82, 2.24) is 19.9 Å². The number of anilines is 1. The summed E-state index contributed by atoms with van der Waals surface area (Å²) in [6, 6.07) is 5.37. The van der Waals surface area contributed by atoms with Crippen LogP contribution in [-0.4, -0.2) is 53.7 Å². The van der Waals surface area contributed by atoms with Gasteiger partial charge in [-0.25, -0.2) is 0 Å². The van der Waals surface area contributed by atoms with Gasteiger partial charge in [0.2, 0.25) is 0 Å². The van der Waals surface area contributed by atoms with Crippen molar-refractivity contribution < 1.29 is 4.52 Å². The number of rotatable bonds is 2. The molecule has 1 aromatic carbocycles. The zero-order chi connectivity index (χ0) is 15.0.